The number of carbonyl (C=O) groups is 1. The van der Waals surface area contributed by atoms with Gasteiger partial charge in [-0.05, 0) is 41.0 Å². The van der Waals surface area contributed by atoms with Gasteiger partial charge in [-0.25, -0.2) is 4.79 Å². The van der Waals surface area contributed by atoms with Gasteiger partial charge >= 0.3 is 5.97 Å². The van der Waals surface area contributed by atoms with Crippen molar-refractivity contribution in [1.29, 1.82) is 0 Å². The molecular formula is C16H38O7Ti. The van der Waals surface area contributed by atoms with Crippen molar-refractivity contribution in [1.82, 2.24) is 0 Å². The van der Waals surface area contributed by atoms with E-state index < -0.39 is 5.97 Å². The Morgan fingerprint density at radius 1 is 1.00 bits per heavy atom. The number of hydrogen-bond donors (Lipinski definition) is 5. The molecule has 0 bridgehead atoms. The number of ether oxygens (including phenoxy) is 1. The smallest absolute Gasteiger partial charge is 0.333 e. The van der Waals surface area contributed by atoms with Crippen LogP contribution in [0.1, 0.15) is 48.0 Å². The van der Waals surface area contributed by atoms with Crippen molar-refractivity contribution in [2.24, 2.45) is 0 Å². The molecule has 0 aliphatic carbocycles. The van der Waals surface area contributed by atoms with E-state index in [4.69, 9.17) is 25.5 Å². The molecule has 1 atom stereocenters. The molecule has 7 nitrogen and oxygen atoms in total. The van der Waals surface area contributed by atoms with E-state index in [-0.39, 0.29) is 60.9 Å². The van der Waals surface area contributed by atoms with Crippen molar-refractivity contribution in [3.8, 4) is 0 Å². The van der Waals surface area contributed by atoms with Crippen LogP contribution in [-0.2, 0) is 31.2 Å². The van der Waals surface area contributed by atoms with Crippen LogP contribution < -0.4 is 0 Å². The summed E-state index contributed by atoms with van der Waals surface area (Å²) in [5, 5.41) is 39.3. The van der Waals surface area contributed by atoms with Gasteiger partial charge in [0.15, 0.2) is 0 Å². The molecule has 0 fully saturated rings. The third-order valence-corrected chi connectivity index (χ3v) is 1.26. The van der Waals surface area contributed by atoms with Crippen LogP contribution in [0.5, 0.6) is 0 Å². The van der Waals surface area contributed by atoms with E-state index >= 15 is 0 Å². The summed E-state index contributed by atoms with van der Waals surface area (Å²) in [6.07, 6.45) is 0.745. The second kappa shape index (κ2) is 43.4. The maximum Gasteiger partial charge on any atom is 0.333 e. The average molecular weight is 390 g/mol. The van der Waals surface area contributed by atoms with Crippen molar-refractivity contribution in [3.05, 3.63) is 12.2 Å². The topological polar surface area (TPSA) is 127 Å². The Hall–Kier alpha value is -0.276. The third kappa shape index (κ3) is 98.7. The standard InChI is InChI=1S/C6H10O3.C4H10O.3C2H6O.Ti/c1-5(2)6(8)9-4-3-7;1-3-4(2)5;3*1-2-3;/h7H,1,3-4H2,2H3;4-5H,3H2,1-2H3;3*3H,2H2,1H3;. The van der Waals surface area contributed by atoms with Gasteiger partial charge in [-0.1, -0.05) is 13.5 Å². The predicted octanol–water partition coefficient (Wildman–Crippen LogP) is 0.869. The van der Waals surface area contributed by atoms with Crippen LogP contribution in [0.3, 0.4) is 0 Å². The summed E-state index contributed by atoms with van der Waals surface area (Å²) in [4.78, 5) is 10.5. The van der Waals surface area contributed by atoms with Crippen LogP contribution in [0, 0.1) is 0 Å². The van der Waals surface area contributed by atoms with E-state index in [9.17, 15) is 4.79 Å². The van der Waals surface area contributed by atoms with Gasteiger partial charge in [-0.15, -0.1) is 0 Å². The van der Waals surface area contributed by atoms with Crippen molar-refractivity contribution >= 4 is 5.97 Å². The second-order valence-electron chi connectivity index (χ2n) is 3.85. The number of carbonyl (C=O) groups excluding carboxylic acids is 1. The van der Waals surface area contributed by atoms with Gasteiger partial charge < -0.3 is 30.3 Å². The van der Waals surface area contributed by atoms with Crippen LogP contribution in [-0.4, -0.2) is 70.6 Å². The van der Waals surface area contributed by atoms with Crippen LogP contribution in [0.25, 0.3) is 0 Å². The number of rotatable bonds is 4. The first-order chi connectivity index (χ1) is 10.7. The first kappa shape index (κ1) is 39.0. The zero-order valence-corrected chi connectivity index (χ0v) is 17.6. The van der Waals surface area contributed by atoms with Gasteiger partial charge in [-0.2, -0.15) is 0 Å². The monoisotopic (exact) mass is 390 g/mol. The summed E-state index contributed by atoms with van der Waals surface area (Å²) < 4.78 is 4.46. The average Bonchev–Trinajstić information content (AvgIpc) is 2.47. The summed E-state index contributed by atoms with van der Waals surface area (Å²) in [6.45, 7) is 14.3. The SMILES string of the molecule is C=C(C)C(=O)OCCO.CCC(C)O.CCO.CCO.CCO.[Ti]. The first-order valence-electron chi connectivity index (χ1n) is 7.64. The fraction of sp³-hybridized carbons (Fsp3) is 0.812. The largest absolute Gasteiger partial charge is 0.460 e. The Morgan fingerprint density at radius 3 is 1.38 bits per heavy atom. The Labute approximate surface area is 162 Å². The normalized spacial score (nSPS) is 8.62. The van der Waals surface area contributed by atoms with E-state index in [1.807, 2.05) is 6.92 Å². The molecule has 0 aromatic rings. The Bertz CT molecular complexity index is 208. The Morgan fingerprint density at radius 2 is 1.25 bits per heavy atom. The van der Waals surface area contributed by atoms with Crippen molar-refractivity contribution in [2.75, 3.05) is 33.0 Å². The minimum absolute atomic E-state index is 0. The maximum absolute atomic E-state index is 10.5. The minimum atomic E-state index is -0.455. The fourth-order valence-electron chi connectivity index (χ4n) is 0.262. The minimum Gasteiger partial charge on any atom is -0.460 e. The molecule has 0 amide bonds. The Kier molecular flexibility index (Phi) is 70.5. The molecule has 0 aromatic heterocycles. The van der Waals surface area contributed by atoms with Gasteiger partial charge in [0.2, 0.25) is 0 Å². The molecule has 0 saturated heterocycles. The van der Waals surface area contributed by atoms with Gasteiger partial charge in [0.1, 0.15) is 6.61 Å². The zero-order chi connectivity index (χ0) is 19.7. The van der Waals surface area contributed by atoms with Crippen LogP contribution in [0.2, 0.25) is 0 Å². The molecule has 0 heterocycles. The molecule has 0 saturated carbocycles. The molecule has 0 rings (SSSR count). The number of aliphatic hydroxyl groups excluding tert-OH is 5. The summed E-state index contributed by atoms with van der Waals surface area (Å²) >= 11 is 0. The molecule has 0 aromatic carbocycles. The maximum atomic E-state index is 10.5. The summed E-state index contributed by atoms with van der Waals surface area (Å²) in [5.74, 6) is -0.455. The predicted molar refractivity (Wildman–Crippen MR) is 93.1 cm³/mol. The van der Waals surface area contributed by atoms with E-state index in [0.717, 1.165) is 6.42 Å². The van der Waals surface area contributed by atoms with E-state index in [1.165, 1.54) is 0 Å². The summed E-state index contributed by atoms with van der Waals surface area (Å²) in [7, 11) is 0. The Balaban J connectivity index is -0.0000000463. The number of hydrogen-bond acceptors (Lipinski definition) is 7. The quantitative estimate of drug-likeness (QED) is 0.274. The molecule has 0 radical (unpaired) electrons. The van der Waals surface area contributed by atoms with Gasteiger partial charge in [-0.3, -0.25) is 0 Å². The van der Waals surface area contributed by atoms with E-state index in [2.05, 4.69) is 11.3 Å². The summed E-state index contributed by atoms with van der Waals surface area (Å²) in [5.41, 5.74) is 0.350. The zero-order valence-electron chi connectivity index (χ0n) is 16.1. The summed E-state index contributed by atoms with van der Waals surface area (Å²) in [6, 6.07) is 0. The third-order valence-electron chi connectivity index (χ3n) is 1.26. The van der Waals surface area contributed by atoms with Gasteiger partial charge in [0.05, 0.1) is 12.7 Å². The first-order valence-corrected chi connectivity index (χ1v) is 7.64. The molecule has 5 N–H and O–H groups in total. The van der Waals surface area contributed by atoms with Crippen molar-refractivity contribution in [2.45, 2.75) is 54.1 Å². The van der Waals surface area contributed by atoms with Crippen LogP contribution >= 0.6 is 0 Å². The number of esters is 1. The molecule has 0 aliphatic rings. The van der Waals surface area contributed by atoms with Crippen LogP contribution in [0.4, 0.5) is 0 Å². The molecule has 8 heteroatoms. The molecule has 148 valence electrons. The molecule has 0 aliphatic heterocycles. The van der Waals surface area contributed by atoms with Crippen LogP contribution in [0.15, 0.2) is 12.2 Å². The second-order valence-corrected chi connectivity index (χ2v) is 3.85. The fourth-order valence-corrected chi connectivity index (χ4v) is 0.262. The molecule has 0 spiro atoms. The number of aliphatic hydroxyl groups is 5. The molecular weight excluding hydrogens is 352 g/mol. The molecule has 24 heavy (non-hydrogen) atoms. The van der Waals surface area contributed by atoms with Gasteiger partial charge in [0.25, 0.3) is 0 Å². The van der Waals surface area contributed by atoms with Crippen molar-refractivity contribution in [3.63, 3.8) is 0 Å². The van der Waals surface area contributed by atoms with E-state index in [1.54, 1.807) is 34.6 Å². The van der Waals surface area contributed by atoms with E-state index in [0.29, 0.717) is 5.57 Å². The van der Waals surface area contributed by atoms with Crippen molar-refractivity contribution < 1.29 is 56.8 Å². The van der Waals surface area contributed by atoms with Gasteiger partial charge in [0, 0.05) is 47.1 Å². The molecule has 1 unspecified atom stereocenters.